The summed E-state index contributed by atoms with van der Waals surface area (Å²) in [6.45, 7) is 5.00. The van der Waals surface area contributed by atoms with E-state index in [0.717, 1.165) is 45.1 Å². The van der Waals surface area contributed by atoms with Crippen LogP contribution in [0.1, 0.15) is 5.56 Å². The maximum Gasteiger partial charge on any atom is 0.280 e. The number of pyridine rings is 3. The molecular formula is C35H33FN8O4. The van der Waals surface area contributed by atoms with Gasteiger partial charge in [0.05, 0.1) is 43.3 Å². The van der Waals surface area contributed by atoms with Crippen molar-refractivity contribution in [2.24, 2.45) is 7.05 Å². The Kier molecular flexibility index (Phi) is 7.51. The van der Waals surface area contributed by atoms with Crippen molar-refractivity contribution in [2.75, 3.05) is 49.6 Å². The molecule has 6 aromatic rings. The zero-order valence-electron chi connectivity index (χ0n) is 26.2. The van der Waals surface area contributed by atoms with Gasteiger partial charge in [0.25, 0.3) is 11.1 Å². The molecule has 5 aromatic heterocycles. The lowest BCUT2D eigenvalue weighted by Crippen LogP contribution is -2.56. The summed E-state index contributed by atoms with van der Waals surface area (Å²) in [4.78, 5) is 40.7. The molecular weight excluding hydrogens is 615 g/mol. The van der Waals surface area contributed by atoms with Crippen molar-refractivity contribution in [3.8, 4) is 16.9 Å². The van der Waals surface area contributed by atoms with Gasteiger partial charge in [0.1, 0.15) is 28.7 Å². The van der Waals surface area contributed by atoms with Crippen LogP contribution in [0.25, 0.3) is 33.4 Å². The smallest absolute Gasteiger partial charge is 0.280 e. The Morgan fingerprint density at radius 1 is 0.979 bits per heavy atom. The van der Waals surface area contributed by atoms with Crippen LogP contribution in [0, 0.1) is 5.82 Å². The molecule has 48 heavy (non-hydrogen) atoms. The lowest BCUT2D eigenvalue weighted by Gasteiger charge is -2.43. The van der Waals surface area contributed by atoms with Gasteiger partial charge >= 0.3 is 0 Å². The molecule has 1 aromatic carbocycles. The molecule has 2 N–H and O–H groups in total. The predicted octanol–water partition coefficient (Wildman–Crippen LogP) is 3.29. The van der Waals surface area contributed by atoms with E-state index in [9.17, 15) is 19.1 Å². The van der Waals surface area contributed by atoms with Gasteiger partial charge in [-0.05, 0) is 48.0 Å². The van der Waals surface area contributed by atoms with Crippen LogP contribution in [0.5, 0.6) is 0 Å². The Bertz CT molecular complexity index is 2290. The van der Waals surface area contributed by atoms with Crippen LogP contribution in [-0.4, -0.2) is 78.9 Å². The largest absolute Gasteiger partial charge is 0.392 e. The lowest BCUT2D eigenvalue weighted by molar-refractivity contribution is -0.0660. The molecule has 0 radical (unpaired) electrons. The second kappa shape index (κ2) is 12.0. The number of piperazine rings is 1. The van der Waals surface area contributed by atoms with Crippen LogP contribution in [0.2, 0.25) is 0 Å². The van der Waals surface area contributed by atoms with E-state index in [1.165, 1.54) is 21.3 Å². The second-order valence-corrected chi connectivity index (χ2v) is 12.2. The average Bonchev–Trinajstić information content (AvgIpc) is 3.47. The molecule has 0 amide bonds. The highest BCUT2D eigenvalue weighted by molar-refractivity contribution is 5.87. The molecule has 0 atom stereocenters. The fourth-order valence-corrected chi connectivity index (χ4v) is 6.66. The monoisotopic (exact) mass is 648 g/mol. The molecule has 0 bridgehead atoms. The van der Waals surface area contributed by atoms with Crippen molar-refractivity contribution < 1.29 is 14.2 Å². The molecule has 0 saturated carbocycles. The average molecular weight is 649 g/mol. The number of rotatable bonds is 7. The van der Waals surface area contributed by atoms with Crippen molar-refractivity contribution in [1.29, 1.82) is 0 Å². The van der Waals surface area contributed by atoms with Crippen molar-refractivity contribution in [2.45, 2.75) is 12.6 Å². The SMILES string of the molecule is Cn1cc(-c2ccnc(-n3ccn4c(cc5c(F)cccc54)c3=O)c2CO)cc(Nc2ccc(N3CCN(C4COC4)CC3)cn2)c1=O. The summed E-state index contributed by atoms with van der Waals surface area (Å²) in [5, 5.41) is 14.1. The minimum atomic E-state index is -0.426. The molecule has 13 heteroatoms. The third-order valence-electron chi connectivity index (χ3n) is 9.37. The minimum absolute atomic E-state index is 0.232. The number of hydrogen-bond donors (Lipinski definition) is 2. The number of aliphatic hydroxyl groups is 1. The number of hydrogen-bond acceptors (Lipinski definition) is 9. The van der Waals surface area contributed by atoms with Crippen molar-refractivity contribution in [1.82, 2.24) is 28.4 Å². The van der Waals surface area contributed by atoms with Crippen molar-refractivity contribution >= 4 is 33.6 Å². The maximum absolute atomic E-state index is 14.5. The Hall–Kier alpha value is -5.37. The summed E-state index contributed by atoms with van der Waals surface area (Å²) in [5.74, 6) is 0.333. The number of halogens is 1. The Labute approximate surface area is 273 Å². The van der Waals surface area contributed by atoms with E-state index in [-0.39, 0.29) is 16.9 Å². The Morgan fingerprint density at radius 2 is 1.81 bits per heavy atom. The maximum atomic E-state index is 14.5. The van der Waals surface area contributed by atoms with E-state index in [4.69, 9.17) is 4.74 Å². The van der Waals surface area contributed by atoms with E-state index in [2.05, 4.69) is 25.1 Å². The molecule has 2 saturated heterocycles. The van der Waals surface area contributed by atoms with E-state index in [1.807, 2.05) is 18.3 Å². The third-order valence-corrected chi connectivity index (χ3v) is 9.37. The summed E-state index contributed by atoms with van der Waals surface area (Å²) in [6, 6.07) is 14.0. The second-order valence-electron chi connectivity index (χ2n) is 12.2. The molecule has 0 aliphatic carbocycles. The van der Waals surface area contributed by atoms with Gasteiger partial charge in [-0.3, -0.25) is 19.1 Å². The predicted molar refractivity (Wildman–Crippen MR) is 181 cm³/mol. The molecule has 0 unspecified atom stereocenters. The molecule has 244 valence electrons. The van der Waals surface area contributed by atoms with E-state index in [1.54, 1.807) is 60.5 Å². The number of benzene rings is 1. The molecule has 2 fully saturated rings. The van der Waals surface area contributed by atoms with Crippen LogP contribution < -0.4 is 21.3 Å². The molecule has 2 aliphatic heterocycles. The van der Waals surface area contributed by atoms with Crippen molar-refractivity contribution in [3.05, 3.63) is 112 Å². The van der Waals surface area contributed by atoms with Crippen LogP contribution in [0.4, 0.5) is 21.6 Å². The topological polar surface area (TPSA) is 122 Å². The van der Waals surface area contributed by atoms with E-state index < -0.39 is 18.0 Å². The Morgan fingerprint density at radius 3 is 2.54 bits per heavy atom. The highest BCUT2D eigenvalue weighted by Gasteiger charge is 2.29. The summed E-state index contributed by atoms with van der Waals surface area (Å²) in [6.07, 6.45) is 8.26. The van der Waals surface area contributed by atoms with Gasteiger partial charge in [0.15, 0.2) is 0 Å². The van der Waals surface area contributed by atoms with Crippen LogP contribution in [0.15, 0.2) is 89.1 Å². The zero-order valence-corrected chi connectivity index (χ0v) is 26.2. The van der Waals surface area contributed by atoms with Crippen LogP contribution in [-0.2, 0) is 18.4 Å². The summed E-state index contributed by atoms with van der Waals surface area (Å²) in [5.41, 5.74) is 3.11. The first-order valence-corrected chi connectivity index (χ1v) is 15.8. The molecule has 0 spiro atoms. The van der Waals surface area contributed by atoms with Gasteiger partial charge in [-0.15, -0.1) is 0 Å². The fraction of sp³-hybridized carbons (Fsp3) is 0.257. The van der Waals surface area contributed by atoms with Gasteiger partial charge < -0.3 is 29.0 Å². The highest BCUT2D eigenvalue weighted by Crippen LogP contribution is 2.29. The van der Waals surface area contributed by atoms with E-state index in [0.29, 0.717) is 45.1 Å². The lowest BCUT2D eigenvalue weighted by atomic mass is 10.0. The van der Waals surface area contributed by atoms with Gasteiger partial charge in [-0.2, -0.15) is 0 Å². The zero-order chi connectivity index (χ0) is 32.9. The van der Waals surface area contributed by atoms with Gasteiger partial charge in [0.2, 0.25) is 0 Å². The molecule has 8 rings (SSSR count). The molecule has 12 nitrogen and oxygen atoms in total. The summed E-state index contributed by atoms with van der Waals surface area (Å²) in [7, 11) is 1.65. The van der Waals surface area contributed by atoms with Crippen molar-refractivity contribution in [3.63, 3.8) is 0 Å². The van der Waals surface area contributed by atoms with Gasteiger partial charge in [0, 0.05) is 74.5 Å². The first-order valence-electron chi connectivity index (χ1n) is 15.8. The molecule has 7 heterocycles. The quantitative estimate of drug-likeness (QED) is 0.269. The van der Waals surface area contributed by atoms with Gasteiger partial charge in [-0.1, -0.05) is 6.07 Å². The third kappa shape index (κ3) is 5.12. The number of nitrogens with one attached hydrogen (secondary N) is 1. The normalized spacial score (nSPS) is 15.7. The van der Waals surface area contributed by atoms with Crippen LogP contribution >= 0.6 is 0 Å². The summed E-state index contributed by atoms with van der Waals surface area (Å²) < 4.78 is 24.3. The first-order chi connectivity index (χ1) is 23.4. The number of aryl methyl sites for hydroxylation is 1. The summed E-state index contributed by atoms with van der Waals surface area (Å²) >= 11 is 0. The number of aliphatic hydroxyl groups excluding tert-OH is 1. The minimum Gasteiger partial charge on any atom is -0.392 e. The van der Waals surface area contributed by atoms with Crippen LogP contribution in [0.3, 0.4) is 0 Å². The van der Waals surface area contributed by atoms with Gasteiger partial charge in [-0.25, -0.2) is 14.4 Å². The fourth-order valence-electron chi connectivity index (χ4n) is 6.66. The standard InChI is InChI=1S/C35H33FN8O4/c1-40-18-22(15-29(34(40)46)39-32-6-5-23(17-38-32)41-9-11-42(12-10-41)24-20-48-21-24)25-7-8-37-33(27(25)19-45)44-14-13-43-30-4-2-3-28(36)26(30)16-31(43)35(44)47/h2-8,13-18,24,45H,9-12,19-21H2,1H3,(H,38,39). The number of anilines is 3. The molecule has 2 aliphatic rings. The number of ether oxygens (including phenoxy) is 1. The highest BCUT2D eigenvalue weighted by atomic mass is 19.1. The number of fused-ring (bicyclic) bond motifs is 3. The first kappa shape index (κ1) is 30.0. The van der Waals surface area contributed by atoms with E-state index >= 15 is 0 Å². The Balaban J connectivity index is 1.09. The number of nitrogens with zero attached hydrogens (tertiary/aromatic N) is 7. The number of aromatic nitrogens is 5.